The Hall–Kier alpha value is 1.39. The van der Waals surface area contributed by atoms with Crippen molar-refractivity contribution in [2.75, 3.05) is 0 Å². The zero-order valence-electron chi connectivity index (χ0n) is 7.33. The van der Waals surface area contributed by atoms with Gasteiger partial charge < -0.3 is 21.4 Å². The third-order valence-electron chi connectivity index (χ3n) is 1.08. The normalized spacial score (nSPS) is 13.7. The fraction of sp³-hybridized carbons (Fsp3) is 0.800. The van der Waals surface area contributed by atoms with E-state index >= 15 is 0 Å². The molecular formula is C5H11N2Na2O2+. The first-order valence-corrected chi connectivity index (χ1v) is 2.75. The van der Waals surface area contributed by atoms with Crippen LogP contribution in [0.3, 0.4) is 0 Å². The van der Waals surface area contributed by atoms with Gasteiger partial charge in [-0.15, -0.1) is 0 Å². The second-order valence-corrected chi connectivity index (χ2v) is 2.10. The van der Waals surface area contributed by atoms with Crippen molar-refractivity contribution in [3.63, 3.8) is 0 Å². The Morgan fingerprint density at radius 3 is 1.91 bits per heavy atom. The van der Waals surface area contributed by atoms with Crippen LogP contribution in [0.25, 0.3) is 0 Å². The summed E-state index contributed by atoms with van der Waals surface area (Å²) < 4.78 is 0. The second-order valence-electron chi connectivity index (χ2n) is 2.10. The first kappa shape index (κ1) is 18.2. The van der Waals surface area contributed by atoms with Crippen molar-refractivity contribution < 1.29 is 69.0 Å². The van der Waals surface area contributed by atoms with Gasteiger partial charge in [0.05, 0.1) is 0 Å². The van der Waals surface area contributed by atoms with E-state index in [1.165, 1.54) is 0 Å². The molecule has 0 spiro atoms. The topological polar surface area (TPSA) is 92.2 Å². The van der Waals surface area contributed by atoms with E-state index in [1.54, 1.807) is 6.92 Å². The minimum Gasteiger partial charge on any atom is -0.550 e. The third-order valence-corrected chi connectivity index (χ3v) is 1.08. The largest absolute Gasteiger partial charge is 1.00 e. The van der Waals surface area contributed by atoms with Crippen LogP contribution in [0.1, 0.15) is 13.3 Å². The van der Waals surface area contributed by atoms with Crippen molar-refractivity contribution in [2.24, 2.45) is 11.5 Å². The number of nitrogens with two attached hydrogens (primary N) is 2. The van der Waals surface area contributed by atoms with Gasteiger partial charge in [0.1, 0.15) is 0 Å². The summed E-state index contributed by atoms with van der Waals surface area (Å²) >= 11 is 0. The summed E-state index contributed by atoms with van der Waals surface area (Å²) in [6.07, 6.45) is -0.169. The number of hydrogen-bond donors (Lipinski definition) is 2. The van der Waals surface area contributed by atoms with Crippen molar-refractivity contribution in [2.45, 2.75) is 25.4 Å². The van der Waals surface area contributed by atoms with E-state index in [1.807, 2.05) is 0 Å². The number of carbonyl (C=O) groups is 1. The predicted octanol–water partition coefficient (Wildman–Crippen LogP) is -8.19. The number of aliphatic carboxylic acids is 1. The maximum Gasteiger partial charge on any atom is 1.00 e. The number of carboxylic acids is 1. The Morgan fingerprint density at radius 2 is 1.82 bits per heavy atom. The van der Waals surface area contributed by atoms with Crippen LogP contribution in [0, 0.1) is 0 Å². The SMILES string of the molecule is CC(N)C(N)CC(=O)[O-].[Na+].[Na+]. The molecule has 0 saturated carbocycles. The third kappa shape index (κ3) is 11.4. The van der Waals surface area contributed by atoms with Crippen LogP contribution in [-0.4, -0.2) is 18.1 Å². The molecule has 0 aliphatic heterocycles. The summed E-state index contributed by atoms with van der Waals surface area (Å²) in [5.74, 6) is -1.15. The first-order chi connectivity index (χ1) is 4.04. The molecular weight excluding hydrogens is 166 g/mol. The minimum absolute atomic E-state index is 0. The van der Waals surface area contributed by atoms with Crippen LogP contribution in [0.2, 0.25) is 0 Å². The fourth-order valence-electron chi connectivity index (χ4n) is 0.378. The van der Waals surface area contributed by atoms with Crippen LogP contribution < -0.4 is 75.7 Å². The van der Waals surface area contributed by atoms with Crippen molar-refractivity contribution in [3.8, 4) is 0 Å². The molecule has 0 fully saturated rings. The zero-order chi connectivity index (χ0) is 7.44. The minimum atomic E-state index is -1.15. The van der Waals surface area contributed by atoms with Gasteiger partial charge >= 0.3 is 59.1 Å². The Kier molecular flexibility index (Phi) is 15.7. The van der Waals surface area contributed by atoms with E-state index in [4.69, 9.17) is 11.5 Å². The van der Waals surface area contributed by atoms with Crippen LogP contribution in [0.5, 0.6) is 0 Å². The Morgan fingerprint density at radius 1 is 1.45 bits per heavy atom. The standard InChI is InChI=1S/C5H12N2O2.2Na/c1-3(6)4(7)2-5(8)9;;/h3-4H,2,6-7H2,1H3,(H,8,9);;/q;2*+1/p-1. The van der Waals surface area contributed by atoms with E-state index in [0.29, 0.717) is 0 Å². The van der Waals surface area contributed by atoms with Gasteiger partial charge in [-0.25, -0.2) is 0 Å². The van der Waals surface area contributed by atoms with Gasteiger partial charge in [-0.3, -0.25) is 0 Å². The molecule has 0 saturated heterocycles. The second kappa shape index (κ2) is 9.48. The first-order valence-electron chi connectivity index (χ1n) is 2.75. The maximum absolute atomic E-state index is 9.87. The average Bonchev–Trinajstić information content (AvgIpc) is 1.63. The Labute approximate surface area is 111 Å². The Balaban J connectivity index is -0.000000320. The molecule has 0 aromatic carbocycles. The van der Waals surface area contributed by atoms with Gasteiger partial charge in [0.2, 0.25) is 0 Å². The van der Waals surface area contributed by atoms with E-state index < -0.39 is 12.0 Å². The number of carbonyl (C=O) groups excluding carboxylic acids is 1. The smallest absolute Gasteiger partial charge is 0.550 e. The molecule has 11 heavy (non-hydrogen) atoms. The van der Waals surface area contributed by atoms with Gasteiger partial charge in [-0.2, -0.15) is 0 Å². The van der Waals surface area contributed by atoms with Crippen LogP contribution in [-0.2, 0) is 4.79 Å². The van der Waals surface area contributed by atoms with Gasteiger partial charge in [-0.1, -0.05) is 0 Å². The van der Waals surface area contributed by atoms with E-state index in [-0.39, 0.29) is 71.6 Å². The molecule has 4 nitrogen and oxygen atoms in total. The summed E-state index contributed by atoms with van der Waals surface area (Å²) in [7, 11) is 0. The summed E-state index contributed by atoms with van der Waals surface area (Å²) in [4.78, 5) is 9.87. The molecule has 0 heterocycles. The molecule has 0 rings (SSSR count). The summed E-state index contributed by atoms with van der Waals surface area (Å²) in [5, 5.41) is 9.87. The molecule has 0 aromatic heterocycles. The van der Waals surface area contributed by atoms with Gasteiger partial charge in [0, 0.05) is 24.5 Å². The number of carboxylic acid groups (broad SMARTS) is 1. The molecule has 0 radical (unpaired) electrons. The molecule has 0 amide bonds. The molecule has 54 valence electrons. The van der Waals surface area contributed by atoms with Gasteiger partial charge in [0.25, 0.3) is 0 Å². The molecule has 2 unspecified atom stereocenters. The predicted molar refractivity (Wildman–Crippen MR) is 31.2 cm³/mol. The summed E-state index contributed by atoms with van der Waals surface area (Å²) in [6.45, 7) is 1.66. The fourth-order valence-corrected chi connectivity index (χ4v) is 0.378. The molecule has 0 aliphatic carbocycles. The molecule has 0 bridgehead atoms. The van der Waals surface area contributed by atoms with Crippen molar-refractivity contribution >= 4 is 5.97 Å². The van der Waals surface area contributed by atoms with E-state index in [0.717, 1.165) is 0 Å². The summed E-state index contributed by atoms with van der Waals surface area (Å²) in [5.41, 5.74) is 10.5. The van der Waals surface area contributed by atoms with Crippen molar-refractivity contribution in [3.05, 3.63) is 0 Å². The van der Waals surface area contributed by atoms with E-state index in [2.05, 4.69) is 0 Å². The van der Waals surface area contributed by atoms with Gasteiger partial charge in [0.15, 0.2) is 0 Å². The molecule has 2 atom stereocenters. The van der Waals surface area contributed by atoms with E-state index in [9.17, 15) is 9.90 Å². The number of rotatable bonds is 3. The van der Waals surface area contributed by atoms with Gasteiger partial charge in [-0.05, 0) is 6.92 Å². The summed E-state index contributed by atoms with van der Waals surface area (Å²) in [6, 6.07) is -0.780. The molecule has 0 aliphatic rings. The van der Waals surface area contributed by atoms with Crippen LogP contribution in [0.4, 0.5) is 0 Å². The molecule has 6 heteroatoms. The average molecular weight is 177 g/mol. The van der Waals surface area contributed by atoms with Crippen LogP contribution in [0.15, 0.2) is 0 Å². The zero-order valence-corrected chi connectivity index (χ0v) is 11.3. The molecule has 0 aromatic rings. The van der Waals surface area contributed by atoms with Crippen molar-refractivity contribution in [1.29, 1.82) is 0 Å². The molecule has 4 N–H and O–H groups in total. The Bertz CT molecular complexity index is 111. The number of hydrogen-bond acceptors (Lipinski definition) is 4. The maximum atomic E-state index is 9.87. The quantitative estimate of drug-likeness (QED) is 0.419. The van der Waals surface area contributed by atoms with Crippen LogP contribution >= 0.6 is 0 Å². The monoisotopic (exact) mass is 177 g/mol. The van der Waals surface area contributed by atoms with Crippen molar-refractivity contribution in [1.82, 2.24) is 0 Å².